The number of aromatic nitrogens is 1. The Labute approximate surface area is 151 Å². The topological polar surface area (TPSA) is 51.2 Å². The highest BCUT2D eigenvalue weighted by Gasteiger charge is 2.21. The molecule has 1 aromatic heterocycles. The molecular formula is C20H20N2O2S. The first-order valence-electron chi connectivity index (χ1n) is 8.10. The van der Waals surface area contributed by atoms with Crippen molar-refractivity contribution in [3.63, 3.8) is 0 Å². The highest BCUT2D eigenvalue weighted by molar-refractivity contribution is 7.17. The predicted molar refractivity (Wildman–Crippen MR) is 102 cm³/mol. The molecule has 2 aromatic carbocycles. The molecular weight excluding hydrogens is 332 g/mol. The van der Waals surface area contributed by atoms with Crippen molar-refractivity contribution in [3.8, 4) is 21.8 Å². The van der Waals surface area contributed by atoms with Gasteiger partial charge in [0, 0.05) is 24.3 Å². The summed E-state index contributed by atoms with van der Waals surface area (Å²) in [6.07, 6.45) is 0. The summed E-state index contributed by atoms with van der Waals surface area (Å²) >= 11 is 1.41. The molecule has 0 fully saturated rings. The third kappa shape index (κ3) is 4.13. The first-order valence-corrected chi connectivity index (χ1v) is 8.92. The lowest BCUT2D eigenvalue weighted by molar-refractivity contribution is 0.0910. The molecule has 0 aliphatic heterocycles. The summed E-state index contributed by atoms with van der Waals surface area (Å²) in [5, 5.41) is 3.82. The summed E-state index contributed by atoms with van der Waals surface area (Å²) in [6.45, 7) is 2.39. The molecule has 0 saturated heterocycles. The van der Waals surface area contributed by atoms with Gasteiger partial charge in [0.1, 0.15) is 9.88 Å². The van der Waals surface area contributed by atoms with Crippen LogP contribution in [0.5, 0.6) is 0 Å². The molecule has 0 saturated carbocycles. The van der Waals surface area contributed by atoms with E-state index < -0.39 is 0 Å². The van der Waals surface area contributed by atoms with E-state index in [2.05, 4.69) is 5.32 Å². The molecule has 0 aliphatic rings. The van der Waals surface area contributed by atoms with E-state index in [1.807, 2.05) is 67.6 Å². The van der Waals surface area contributed by atoms with Crippen LogP contribution in [-0.4, -0.2) is 30.6 Å². The van der Waals surface area contributed by atoms with Crippen LogP contribution < -0.4 is 5.32 Å². The van der Waals surface area contributed by atoms with Gasteiger partial charge in [-0.05, 0) is 6.92 Å². The summed E-state index contributed by atoms with van der Waals surface area (Å²) in [5.41, 5.74) is 2.66. The lowest BCUT2D eigenvalue weighted by atomic mass is 10.1. The second-order valence-corrected chi connectivity index (χ2v) is 6.76. The molecule has 4 nitrogen and oxygen atoms in total. The molecule has 25 heavy (non-hydrogen) atoms. The number of carbonyl (C=O) groups is 1. The second-order valence-electron chi connectivity index (χ2n) is 5.76. The van der Waals surface area contributed by atoms with E-state index in [0.29, 0.717) is 17.2 Å². The fourth-order valence-corrected chi connectivity index (χ4v) is 3.55. The van der Waals surface area contributed by atoms with Gasteiger partial charge in [0.25, 0.3) is 5.91 Å². The van der Waals surface area contributed by atoms with Gasteiger partial charge in [-0.2, -0.15) is 0 Å². The fourth-order valence-electron chi connectivity index (χ4n) is 2.55. The number of nitrogens with one attached hydrogen (secondary N) is 1. The summed E-state index contributed by atoms with van der Waals surface area (Å²) in [5.74, 6) is -0.122. The molecule has 0 aliphatic carbocycles. The van der Waals surface area contributed by atoms with Crippen molar-refractivity contribution in [2.45, 2.75) is 13.0 Å². The minimum absolute atomic E-state index is 0.0663. The Morgan fingerprint density at radius 1 is 1.08 bits per heavy atom. The zero-order chi connectivity index (χ0) is 17.6. The largest absolute Gasteiger partial charge is 0.383 e. The SMILES string of the molecule is COC[C@H](C)NC(=O)c1sc(-c2ccccc2)nc1-c1ccccc1. The third-order valence-corrected chi connectivity index (χ3v) is 4.80. The molecule has 0 spiro atoms. The third-order valence-electron chi connectivity index (χ3n) is 3.70. The van der Waals surface area contributed by atoms with Crippen LogP contribution in [0.4, 0.5) is 0 Å². The van der Waals surface area contributed by atoms with Gasteiger partial charge in [-0.3, -0.25) is 4.79 Å². The van der Waals surface area contributed by atoms with Gasteiger partial charge in [0.15, 0.2) is 0 Å². The second kappa shape index (κ2) is 8.05. The molecule has 1 N–H and O–H groups in total. The fraction of sp³-hybridized carbons (Fsp3) is 0.200. The Morgan fingerprint density at radius 3 is 2.28 bits per heavy atom. The summed E-state index contributed by atoms with van der Waals surface area (Å²) in [4.78, 5) is 18.1. The number of rotatable bonds is 6. The average Bonchev–Trinajstić information content (AvgIpc) is 3.09. The van der Waals surface area contributed by atoms with Gasteiger partial charge >= 0.3 is 0 Å². The van der Waals surface area contributed by atoms with Crippen molar-refractivity contribution in [2.75, 3.05) is 13.7 Å². The average molecular weight is 352 g/mol. The molecule has 0 bridgehead atoms. The van der Waals surface area contributed by atoms with E-state index in [0.717, 1.165) is 16.1 Å². The van der Waals surface area contributed by atoms with Crippen molar-refractivity contribution in [2.24, 2.45) is 0 Å². The predicted octanol–water partition coefficient (Wildman–Crippen LogP) is 4.24. The van der Waals surface area contributed by atoms with Crippen LogP contribution in [0.2, 0.25) is 0 Å². The van der Waals surface area contributed by atoms with Crippen LogP contribution in [-0.2, 0) is 4.74 Å². The van der Waals surface area contributed by atoms with E-state index in [1.54, 1.807) is 7.11 Å². The monoisotopic (exact) mass is 352 g/mol. The molecule has 5 heteroatoms. The van der Waals surface area contributed by atoms with E-state index in [-0.39, 0.29) is 11.9 Å². The van der Waals surface area contributed by atoms with Crippen LogP contribution in [0.3, 0.4) is 0 Å². The first-order chi connectivity index (χ1) is 12.2. The Morgan fingerprint density at radius 2 is 1.68 bits per heavy atom. The summed E-state index contributed by atoms with van der Waals surface area (Å²) < 4.78 is 5.10. The number of hydrogen-bond donors (Lipinski definition) is 1. The van der Waals surface area contributed by atoms with E-state index in [4.69, 9.17) is 9.72 Å². The van der Waals surface area contributed by atoms with Crippen LogP contribution in [0.15, 0.2) is 60.7 Å². The van der Waals surface area contributed by atoms with E-state index >= 15 is 0 Å². The minimum atomic E-state index is -0.122. The van der Waals surface area contributed by atoms with Crippen LogP contribution >= 0.6 is 11.3 Å². The van der Waals surface area contributed by atoms with Crippen LogP contribution in [0.1, 0.15) is 16.6 Å². The molecule has 128 valence electrons. The van der Waals surface area contributed by atoms with Crippen LogP contribution in [0, 0.1) is 0 Å². The number of benzene rings is 2. The molecule has 1 heterocycles. The number of carbonyl (C=O) groups excluding carboxylic acids is 1. The normalized spacial score (nSPS) is 11.9. The van der Waals surface area contributed by atoms with Gasteiger partial charge in [-0.15, -0.1) is 11.3 Å². The maximum Gasteiger partial charge on any atom is 0.263 e. The Hall–Kier alpha value is -2.50. The maximum absolute atomic E-state index is 12.8. The van der Waals surface area contributed by atoms with Crippen LogP contribution in [0.25, 0.3) is 21.8 Å². The number of hydrogen-bond acceptors (Lipinski definition) is 4. The Bertz CT molecular complexity index is 831. The zero-order valence-electron chi connectivity index (χ0n) is 14.2. The zero-order valence-corrected chi connectivity index (χ0v) is 15.0. The Balaban J connectivity index is 2.00. The van der Waals surface area contributed by atoms with Gasteiger partial charge in [0.2, 0.25) is 0 Å². The van der Waals surface area contributed by atoms with Crippen molar-refractivity contribution in [3.05, 3.63) is 65.5 Å². The smallest absolute Gasteiger partial charge is 0.263 e. The Kier molecular flexibility index (Phi) is 5.58. The maximum atomic E-state index is 12.8. The van der Waals surface area contributed by atoms with Gasteiger partial charge in [-0.1, -0.05) is 60.7 Å². The van der Waals surface area contributed by atoms with Crippen molar-refractivity contribution < 1.29 is 9.53 Å². The van der Waals surface area contributed by atoms with E-state index in [1.165, 1.54) is 11.3 Å². The van der Waals surface area contributed by atoms with Crippen molar-refractivity contribution in [1.29, 1.82) is 0 Å². The van der Waals surface area contributed by atoms with Gasteiger partial charge < -0.3 is 10.1 Å². The number of thiazole rings is 1. The lowest BCUT2D eigenvalue weighted by Crippen LogP contribution is -2.35. The molecule has 3 rings (SSSR count). The molecule has 1 atom stereocenters. The summed E-state index contributed by atoms with van der Waals surface area (Å²) in [7, 11) is 1.62. The highest BCUT2D eigenvalue weighted by atomic mass is 32.1. The lowest BCUT2D eigenvalue weighted by Gasteiger charge is -2.12. The molecule has 3 aromatic rings. The molecule has 1 amide bonds. The van der Waals surface area contributed by atoms with Gasteiger partial charge in [-0.25, -0.2) is 4.98 Å². The highest BCUT2D eigenvalue weighted by Crippen LogP contribution is 2.33. The quantitative estimate of drug-likeness (QED) is 0.722. The van der Waals surface area contributed by atoms with Crippen molar-refractivity contribution in [1.82, 2.24) is 10.3 Å². The molecule has 0 radical (unpaired) electrons. The van der Waals surface area contributed by atoms with Gasteiger partial charge in [0.05, 0.1) is 12.3 Å². The molecule has 0 unspecified atom stereocenters. The number of amides is 1. The van der Waals surface area contributed by atoms with E-state index in [9.17, 15) is 4.79 Å². The standard InChI is InChI=1S/C20H20N2O2S/c1-14(13-24-2)21-19(23)18-17(15-9-5-3-6-10-15)22-20(25-18)16-11-7-4-8-12-16/h3-12,14H,13H2,1-2H3,(H,21,23)/t14-/m0/s1. The van der Waals surface area contributed by atoms with Crippen molar-refractivity contribution >= 4 is 17.2 Å². The number of ether oxygens (including phenoxy) is 1. The summed E-state index contributed by atoms with van der Waals surface area (Å²) in [6, 6.07) is 19.6. The number of methoxy groups -OCH3 is 1. The first kappa shape index (κ1) is 17.3. The minimum Gasteiger partial charge on any atom is -0.383 e. The number of nitrogens with zero attached hydrogens (tertiary/aromatic N) is 1.